The monoisotopic (exact) mass is 373 g/mol. The summed E-state index contributed by atoms with van der Waals surface area (Å²) in [6.07, 6.45) is 0. The van der Waals surface area contributed by atoms with Gasteiger partial charge < -0.3 is 15.5 Å². The van der Waals surface area contributed by atoms with Gasteiger partial charge in [0.1, 0.15) is 0 Å². The molecule has 0 atom stereocenters. The Kier molecular flexibility index (Phi) is 5.20. The zero-order valence-electron chi connectivity index (χ0n) is 13.3. The van der Waals surface area contributed by atoms with Crippen LogP contribution in [0.2, 0.25) is 0 Å². The molecule has 0 fully saturated rings. The summed E-state index contributed by atoms with van der Waals surface area (Å²) in [6, 6.07) is 12.0. The molecule has 0 aliphatic rings. The second-order valence-electron chi connectivity index (χ2n) is 5.28. The second kappa shape index (κ2) is 7.54. The lowest BCUT2D eigenvalue weighted by Gasteiger charge is -2.02. The first-order valence-electron chi connectivity index (χ1n) is 7.36. The third-order valence-electron chi connectivity index (χ3n) is 3.33. The lowest BCUT2D eigenvalue weighted by atomic mass is 10.1. The lowest BCUT2D eigenvalue weighted by Crippen LogP contribution is -2.01. The Morgan fingerprint density at radius 3 is 2.60 bits per heavy atom. The largest absolute Gasteiger partial charge is 0.504 e. The number of ketones is 1. The number of aromatic nitrogens is 2. The van der Waals surface area contributed by atoms with Crippen LogP contribution in [-0.2, 0) is 0 Å². The molecule has 1 aromatic heterocycles. The fourth-order valence-electron chi connectivity index (χ4n) is 1.99. The predicted octanol–water partition coefficient (Wildman–Crippen LogP) is 3.98. The third kappa shape index (κ3) is 4.49. The Bertz CT molecular complexity index is 894. The van der Waals surface area contributed by atoms with E-state index in [0.717, 1.165) is 5.69 Å². The standard InChI is InChI=1S/C17H15N3O3S2/c1-10-2-5-12(6-3-10)18-16-19-20-17(25-16)24-9-15(23)11-4-7-13(21)14(22)8-11/h2-8,21-22H,9H2,1H3,(H,18,19). The smallest absolute Gasteiger partial charge is 0.210 e. The normalized spacial score (nSPS) is 10.6. The van der Waals surface area contributed by atoms with Crippen LogP contribution in [0.5, 0.6) is 11.5 Å². The summed E-state index contributed by atoms with van der Waals surface area (Å²) < 4.78 is 0.672. The van der Waals surface area contributed by atoms with E-state index in [1.165, 1.54) is 46.9 Å². The number of carbonyl (C=O) groups excluding carboxylic acids is 1. The summed E-state index contributed by atoms with van der Waals surface area (Å²) in [6.45, 7) is 2.02. The van der Waals surface area contributed by atoms with Gasteiger partial charge in [-0.15, -0.1) is 10.2 Å². The molecule has 0 unspecified atom stereocenters. The minimum absolute atomic E-state index is 0.163. The number of phenols is 2. The van der Waals surface area contributed by atoms with Crippen molar-refractivity contribution in [3.63, 3.8) is 0 Å². The highest BCUT2D eigenvalue weighted by atomic mass is 32.2. The van der Waals surface area contributed by atoms with Gasteiger partial charge in [-0.25, -0.2) is 0 Å². The Morgan fingerprint density at radius 1 is 1.12 bits per heavy atom. The van der Waals surface area contributed by atoms with E-state index in [2.05, 4.69) is 15.5 Å². The molecule has 1 heterocycles. The maximum atomic E-state index is 12.1. The number of rotatable bonds is 6. The number of aromatic hydroxyl groups is 2. The van der Waals surface area contributed by atoms with Crippen molar-refractivity contribution in [1.82, 2.24) is 10.2 Å². The van der Waals surface area contributed by atoms with Crippen molar-refractivity contribution in [2.24, 2.45) is 0 Å². The van der Waals surface area contributed by atoms with Crippen LogP contribution < -0.4 is 5.32 Å². The maximum absolute atomic E-state index is 12.1. The van der Waals surface area contributed by atoms with Crippen molar-refractivity contribution in [2.75, 3.05) is 11.1 Å². The predicted molar refractivity (Wildman–Crippen MR) is 99.2 cm³/mol. The molecular weight excluding hydrogens is 358 g/mol. The van der Waals surface area contributed by atoms with E-state index in [1.54, 1.807) is 0 Å². The number of anilines is 2. The number of Topliss-reactive ketones (excluding diaryl/α,β-unsaturated/α-hetero) is 1. The third-order valence-corrected chi connectivity index (χ3v) is 5.31. The molecule has 6 nitrogen and oxygen atoms in total. The molecule has 2 aromatic carbocycles. The van der Waals surface area contributed by atoms with E-state index in [-0.39, 0.29) is 23.0 Å². The number of hydrogen-bond acceptors (Lipinski definition) is 8. The average molecular weight is 373 g/mol. The van der Waals surface area contributed by atoms with Gasteiger partial charge in [-0.1, -0.05) is 40.8 Å². The molecule has 0 saturated heterocycles. The molecule has 0 aliphatic heterocycles. The number of carbonyl (C=O) groups is 1. The zero-order valence-corrected chi connectivity index (χ0v) is 14.9. The van der Waals surface area contributed by atoms with Crippen LogP contribution in [0, 0.1) is 6.92 Å². The van der Waals surface area contributed by atoms with E-state index in [4.69, 9.17) is 0 Å². The fourth-order valence-corrected chi connectivity index (χ4v) is 3.65. The van der Waals surface area contributed by atoms with Crippen molar-refractivity contribution < 1.29 is 15.0 Å². The van der Waals surface area contributed by atoms with E-state index >= 15 is 0 Å². The van der Waals surface area contributed by atoms with E-state index in [1.807, 2.05) is 31.2 Å². The van der Waals surface area contributed by atoms with Crippen LogP contribution in [0.15, 0.2) is 46.8 Å². The number of phenolic OH excluding ortho intramolecular Hbond substituents is 2. The van der Waals surface area contributed by atoms with Crippen LogP contribution in [0.1, 0.15) is 15.9 Å². The molecule has 3 rings (SSSR count). The zero-order chi connectivity index (χ0) is 17.8. The van der Waals surface area contributed by atoms with Crippen molar-refractivity contribution in [3.05, 3.63) is 53.6 Å². The number of thioether (sulfide) groups is 1. The summed E-state index contributed by atoms with van der Waals surface area (Å²) >= 11 is 2.64. The maximum Gasteiger partial charge on any atom is 0.210 e. The Morgan fingerprint density at radius 2 is 1.88 bits per heavy atom. The molecule has 128 valence electrons. The number of aryl methyl sites for hydroxylation is 1. The SMILES string of the molecule is Cc1ccc(Nc2nnc(SCC(=O)c3ccc(O)c(O)c3)s2)cc1. The van der Waals surface area contributed by atoms with Crippen molar-refractivity contribution >= 4 is 39.7 Å². The second-order valence-corrected chi connectivity index (χ2v) is 7.48. The Labute approximate surface area is 152 Å². The first-order chi connectivity index (χ1) is 12.0. The molecule has 0 amide bonds. The summed E-state index contributed by atoms with van der Waals surface area (Å²) in [5.74, 6) is -0.552. The first kappa shape index (κ1) is 17.2. The molecule has 0 saturated carbocycles. The molecule has 0 spiro atoms. The molecule has 0 bridgehead atoms. The van der Waals surface area contributed by atoms with Gasteiger partial charge in [0, 0.05) is 11.3 Å². The van der Waals surface area contributed by atoms with Crippen molar-refractivity contribution in [3.8, 4) is 11.5 Å². The number of nitrogens with zero attached hydrogens (tertiary/aromatic N) is 2. The first-order valence-corrected chi connectivity index (χ1v) is 9.16. The Balaban J connectivity index is 1.58. The van der Waals surface area contributed by atoms with E-state index in [0.29, 0.717) is 15.0 Å². The van der Waals surface area contributed by atoms with Gasteiger partial charge in [-0.05, 0) is 37.3 Å². The van der Waals surface area contributed by atoms with Crippen LogP contribution in [0.4, 0.5) is 10.8 Å². The fraction of sp³-hybridized carbons (Fsp3) is 0.118. The molecule has 0 radical (unpaired) electrons. The van der Waals surface area contributed by atoms with Crippen LogP contribution >= 0.6 is 23.1 Å². The highest BCUT2D eigenvalue weighted by molar-refractivity contribution is 8.01. The van der Waals surface area contributed by atoms with Gasteiger partial charge in [-0.3, -0.25) is 4.79 Å². The highest BCUT2D eigenvalue weighted by Gasteiger charge is 2.12. The van der Waals surface area contributed by atoms with Crippen LogP contribution in [0.25, 0.3) is 0 Å². The number of hydrogen-bond donors (Lipinski definition) is 3. The van der Waals surface area contributed by atoms with Crippen LogP contribution in [0.3, 0.4) is 0 Å². The highest BCUT2D eigenvalue weighted by Crippen LogP contribution is 2.29. The van der Waals surface area contributed by atoms with Crippen molar-refractivity contribution in [2.45, 2.75) is 11.3 Å². The topological polar surface area (TPSA) is 95.3 Å². The summed E-state index contributed by atoms with van der Waals surface area (Å²) in [5, 5.41) is 30.7. The quantitative estimate of drug-likeness (QED) is 0.342. The number of nitrogens with one attached hydrogen (secondary N) is 1. The van der Waals surface area contributed by atoms with E-state index < -0.39 is 0 Å². The average Bonchev–Trinajstić information content (AvgIpc) is 3.04. The van der Waals surface area contributed by atoms with Gasteiger partial charge in [0.05, 0.1) is 5.75 Å². The lowest BCUT2D eigenvalue weighted by molar-refractivity contribution is 0.102. The summed E-state index contributed by atoms with van der Waals surface area (Å²) in [4.78, 5) is 12.1. The molecule has 25 heavy (non-hydrogen) atoms. The number of benzene rings is 2. The van der Waals surface area contributed by atoms with Gasteiger partial charge in [0.2, 0.25) is 5.13 Å². The van der Waals surface area contributed by atoms with Crippen LogP contribution in [-0.4, -0.2) is 31.9 Å². The van der Waals surface area contributed by atoms with Crippen molar-refractivity contribution in [1.29, 1.82) is 0 Å². The van der Waals surface area contributed by atoms with E-state index in [9.17, 15) is 15.0 Å². The van der Waals surface area contributed by atoms with Gasteiger partial charge in [-0.2, -0.15) is 0 Å². The summed E-state index contributed by atoms with van der Waals surface area (Å²) in [5.41, 5.74) is 2.44. The summed E-state index contributed by atoms with van der Waals surface area (Å²) in [7, 11) is 0. The molecular formula is C17H15N3O3S2. The Hall–Kier alpha value is -2.58. The molecule has 0 aliphatic carbocycles. The van der Waals surface area contributed by atoms with Gasteiger partial charge in [0.15, 0.2) is 21.6 Å². The minimum atomic E-state index is -0.309. The van der Waals surface area contributed by atoms with Gasteiger partial charge >= 0.3 is 0 Å². The molecule has 3 aromatic rings. The molecule has 8 heteroatoms. The minimum Gasteiger partial charge on any atom is -0.504 e. The van der Waals surface area contributed by atoms with Gasteiger partial charge in [0.25, 0.3) is 0 Å². The molecule has 3 N–H and O–H groups in total.